The maximum atomic E-state index is 13.3. The van der Waals surface area contributed by atoms with Gasteiger partial charge in [0.15, 0.2) is 5.82 Å². The van der Waals surface area contributed by atoms with E-state index in [2.05, 4.69) is 15.3 Å². The number of benzene rings is 2. The van der Waals surface area contributed by atoms with E-state index in [0.717, 1.165) is 22.0 Å². The van der Waals surface area contributed by atoms with Crippen molar-refractivity contribution in [2.24, 2.45) is 0 Å². The summed E-state index contributed by atoms with van der Waals surface area (Å²) >= 11 is 1.40. The highest BCUT2D eigenvalue weighted by Crippen LogP contribution is 2.26. The van der Waals surface area contributed by atoms with Crippen molar-refractivity contribution >= 4 is 16.3 Å². The van der Waals surface area contributed by atoms with Crippen molar-refractivity contribution in [3.63, 3.8) is 0 Å². The van der Waals surface area contributed by atoms with Crippen LogP contribution in [-0.4, -0.2) is 19.8 Å². The first kappa shape index (κ1) is 13.1. The molecule has 22 heavy (non-hydrogen) atoms. The Morgan fingerprint density at radius 2 is 1.86 bits per heavy atom. The van der Waals surface area contributed by atoms with E-state index in [1.54, 1.807) is 10.6 Å². The highest BCUT2D eigenvalue weighted by atomic mass is 32.1. The van der Waals surface area contributed by atoms with E-state index in [-0.39, 0.29) is 5.82 Å². The van der Waals surface area contributed by atoms with Crippen molar-refractivity contribution in [2.75, 3.05) is 0 Å². The topological polar surface area (TPSA) is 43.1 Å². The second-order valence-electron chi connectivity index (χ2n) is 4.89. The fourth-order valence-electron chi connectivity index (χ4n) is 2.28. The quantitative estimate of drug-likeness (QED) is 0.581. The van der Waals surface area contributed by atoms with Gasteiger partial charge in [-0.25, -0.2) is 4.39 Å². The average Bonchev–Trinajstić information content (AvgIpc) is 3.11. The molecule has 108 valence electrons. The lowest BCUT2D eigenvalue weighted by Gasteiger charge is -1.98. The van der Waals surface area contributed by atoms with Crippen molar-refractivity contribution in [3.05, 3.63) is 71.8 Å². The zero-order chi connectivity index (χ0) is 14.9. The van der Waals surface area contributed by atoms with Crippen LogP contribution < -0.4 is 0 Å². The Labute approximate surface area is 129 Å². The van der Waals surface area contributed by atoms with Crippen LogP contribution in [0.5, 0.6) is 0 Å². The van der Waals surface area contributed by atoms with Crippen molar-refractivity contribution in [1.29, 1.82) is 0 Å². The SMILES string of the molecule is Fc1cccc(-c2nn3c(Cc4ccccc4)nnc3s2)c1. The molecule has 0 aliphatic heterocycles. The molecule has 0 bridgehead atoms. The minimum atomic E-state index is -0.270. The lowest BCUT2D eigenvalue weighted by atomic mass is 10.1. The molecule has 4 rings (SSSR count). The first-order valence-electron chi connectivity index (χ1n) is 6.80. The van der Waals surface area contributed by atoms with E-state index in [1.807, 2.05) is 36.4 Å². The Hall–Kier alpha value is -2.60. The van der Waals surface area contributed by atoms with Crippen LogP contribution in [0.4, 0.5) is 4.39 Å². The molecule has 2 aromatic carbocycles. The molecule has 0 amide bonds. The van der Waals surface area contributed by atoms with Gasteiger partial charge in [0.05, 0.1) is 0 Å². The number of rotatable bonds is 3. The maximum absolute atomic E-state index is 13.3. The van der Waals surface area contributed by atoms with Crippen LogP contribution >= 0.6 is 11.3 Å². The second-order valence-corrected chi connectivity index (χ2v) is 5.85. The van der Waals surface area contributed by atoms with Crippen molar-refractivity contribution in [2.45, 2.75) is 6.42 Å². The molecular formula is C16H11FN4S. The third-order valence-electron chi connectivity index (χ3n) is 3.33. The smallest absolute Gasteiger partial charge is 0.207 e. The molecule has 0 radical (unpaired) electrons. The predicted molar refractivity (Wildman–Crippen MR) is 83.3 cm³/mol. The average molecular weight is 310 g/mol. The Morgan fingerprint density at radius 1 is 1.00 bits per heavy atom. The molecule has 4 aromatic rings. The molecule has 2 heterocycles. The van der Waals surface area contributed by atoms with Gasteiger partial charge in [0.25, 0.3) is 0 Å². The van der Waals surface area contributed by atoms with Crippen LogP contribution in [0.3, 0.4) is 0 Å². The summed E-state index contributed by atoms with van der Waals surface area (Å²) in [6.45, 7) is 0. The number of halogens is 1. The molecule has 0 atom stereocenters. The highest BCUT2D eigenvalue weighted by Gasteiger charge is 2.13. The molecule has 0 saturated heterocycles. The number of fused-ring (bicyclic) bond motifs is 1. The summed E-state index contributed by atoms with van der Waals surface area (Å²) in [6.07, 6.45) is 0.661. The molecule has 0 saturated carbocycles. The fraction of sp³-hybridized carbons (Fsp3) is 0.0625. The van der Waals surface area contributed by atoms with Crippen LogP contribution in [0.1, 0.15) is 11.4 Å². The molecule has 6 heteroatoms. The molecule has 0 aliphatic rings. The van der Waals surface area contributed by atoms with Crippen molar-refractivity contribution < 1.29 is 4.39 Å². The van der Waals surface area contributed by atoms with Gasteiger partial charge in [-0.1, -0.05) is 53.8 Å². The highest BCUT2D eigenvalue weighted by molar-refractivity contribution is 7.19. The predicted octanol–water partition coefficient (Wildman–Crippen LogP) is 3.58. The summed E-state index contributed by atoms with van der Waals surface area (Å²) in [5.41, 5.74) is 1.90. The summed E-state index contributed by atoms with van der Waals surface area (Å²) in [4.78, 5) is 0.713. The van der Waals surface area contributed by atoms with Crippen LogP contribution in [-0.2, 0) is 6.42 Å². The van der Waals surface area contributed by atoms with Gasteiger partial charge < -0.3 is 0 Å². The number of aromatic nitrogens is 4. The minimum absolute atomic E-state index is 0.270. The van der Waals surface area contributed by atoms with E-state index in [9.17, 15) is 4.39 Å². The summed E-state index contributed by atoms with van der Waals surface area (Å²) in [6, 6.07) is 16.5. The Kier molecular flexibility index (Phi) is 3.16. The Bertz CT molecular complexity index is 930. The molecule has 0 N–H and O–H groups in total. The third-order valence-corrected chi connectivity index (χ3v) is 4.28. The zero-order valence-corrected chi connectivity index (χ0v) is 12.3. The third kappa shape index (κ3) is 2.37. The monoisotopic (exact) mass is 310 g/mol. The lowest BCUT2D eigenvalue weighted by molar-refractivity contribution is 0.628. The van der Waals surface area contributed by atoms with Crippen molar-refractivity contribution in [3.8, 4) is 10.6 Å². The van der Waals surface area contributed by atoms with E-state index in [4.69, 9.17) is 0 Å². The van der Waals surface area contributed by atoms with E-state index in [1.165, 1.54) is 23.5 Å². The van der Waals surface area contributed by atoms with E-state index in [0.29, 0.717) is 11.4 Å². The molecule has 4 nitrogen and oxygen atoms in total. The number of hydrogen-bond donors (Lipinski definition) is 0. The van der Waals surface area contributed by atoms with Gasteiger partial charge in [0.2, 0.25) is 4.96 Å². The molecule has 0 aliphatic carbocycles. The standard InChI is InChI=1S/C16H11FN4S/c17-13-8-4-7-12(10-13)15-20-21-14(18-19-16(21)22-15)9-11-5-2-1-3-6-11/h1-8,10H,9H2. The molecule has 0 spiro atoms. The van der Waals surface area contributed by atoms with Crippen molar-refractivity contribution in [1.82, 2.24) is 19.8 Å². The Balaban J connectivity index is 1.73. The second kappa shape index (κ2) is 5.31. The van der Waals surface area contributed by atoms with Gasteiger partial charge in [0.1, 0.15) is 10.8 Å². The van der Waals surface area contributed by atoms with Gasteiger partial charge >= 0.3 is 0 Å². The zero-order valence-electron chi connectivity index (χ0n) is 11.5. The summed E-state index contributed by atoms with van der Waals surface area (Å²) in [5.74, 6) is 0.507. The van der Waals surface area contributed by atoms with Gasteiger partial charge in [0, 0.05) is 12.0 Å². The van der Waals surface area contributed by atoms with Crippen LogP contribution in [0.2, 0.25) is 0 Å². The summed E-state index contributed by atoms with van der Waals surface area (Å²) < 4.78 is 15.1. The minimum Gasteiger partial charge on any atom is -0.207 e. The van der Waals surface area contributed by atoms with Crippen LogP contribution in [0.15, 0.2) is 54.6 Å². The lowest BCUT2D eigenvalue weighted by Crippen LogP contribution is -1.97. The van der Waals surface area contributed by atoms with E-state index < -0.39 is 0 Å². The molecular weight excluding hydrogens is 299 g/mol. The maximum Gasteiger partial charge on any atom is 0.234 e. The number of hydrogen-bond acceptors (Lipinski definition) is 4. The van der Waals surface area contributed by atoms with Gasteiger partial charge in [-0.15, -0.1) is 10.2 Å². The largest absolute Gasteiger partial charge is 0.234 e. The molecule has 0 unspecified atom stereocenters. The summed E-state index contributed by atoms with van der Waals surface area (Å²) in [7, 11) is 0. The van der Waals surface area contributed by atoms with E-state index >= 15 is 0 Å². The summed E-state index contributed by atoms with van der Waals surface area (Å²) in [5, 5.41) is 13.6. The van der Waals surface area contributed by atoms with Crippen LogP contribution in [0, 0.1) is 5.82 Å². The van der Waals surface area contributed by atoms with Gasteiger partial charge in [-0.3, -0.25) is 0 Å². The first-order valence-corrected chi connectivity index (χ1v) is 7.62. The molecule has 2 aromatic heterocycles. The van der Waals surface area contributed by atoms with Crippen LogP contribution in [0.25, 0.3) is 15.5 Å². The van der Waals surface area contributed by atoms with Gasteiger partial charge in [-0.2, -0.15) is 9.61 Å². The normalized spacial score (nSPS) is 11.1. The first-order chi connectivity index (χ1) is 10.8. The fourth-order valence-corrected chi connectivity index (χ4v) is 3.14. The molecule has 0 fully saturated rings. The number of nitrogens with zero attached hydrogens (tertiary/aromatic N) is 4. The Morgan fingerprint density at radius 3 is 2.68 bits per heavy atom. The van der Waals surface area contributed by atoms with Gasteiger partial charge in [-0.05, 0) is 17.7 Å².